The number of hydrogen-bond acceptors (Lipinski definition) is 8. The molecule has 0 saturated carbocycles. The Bertz CT molecular complexity index is 687. The molecule has 0 amide bonds. The van der Waals surface area contributed by atoms with Crippen molar-refractivity contribution in [3.8, 4) is 49.4 Å². The molecule has 0 aliphatic carbocycles. The molecule has 0 rings (SSSR count). The summed E-state index contributed by atoms with van der Waals surface area (Å²) >= 11 is 0. The number of esters is 4. The summed E-state index contributed by atoms with van der Waals surface area (Å²) in [7, 11) is 0. The first-order valence-electron chi connectivity index (χ1n) is 10.2. The van der Waals surface area contributed by atoms with E-state index in [0.717, 1.165) is 0 Å². The van der Waals surface area contributed by atoms with E-state index >= 15 is 0 Å². The van der Waals surface area contributed by atoms with Crippen LogP contribution in [0.15, 0.2) is 0 Å². The number of carbonyl (C=O) groups excluding carboxylic acids is 4. The molecule has 8 nitrogen and oxygen atoms in total. The summed E-state index contributed by atoms with van der Waals surface area (Å²) in [4.78, 5) is 47.9. The summed E-state index contributed by atoms with van der Waals surface area (Å²) in [5, 5.41) is 0. The summed E-state index contributed by atoms with van der Waals surface area (Å²) in [6, 6.07) is 0. The minimum atomic E-state index is -1.37. The van der Waals surface area contributed by atoms with Crippen molar-refractivity contribution in [2.45, 2.75) is 51.4 Å². The van der Waals surface area contributed by atoms with Gasteiger partial charge in [-0.05, 0) is 0 Å². The molecule has 0 heterocycles. The zero-order chi connectivity index (χ0) is 25.0. The monoisotopic (exact) mass is 456 g/mol. The van der Waals surface area contributed by atoms with Gasteiger partial charge in [-0.25, -0.2) is 0 Å². The van der Waals surface area contributed by atoms with Gasteiger partial charge in [0.15, 0.2) is 0 Å². The molecule has 0 aliphatic rings. The van der Waals surface area contributed by atoms with Crippen molar-refractivity contribution >= 4 is 23.9 Å². The first-order valence-corrected chi connectivity index (χ1v) is 10.2. The predicted octanol–water partition coefficient (Wildman–Crippen LogP) is 1.80. The molecule has 0 aromatic rings. The third kappa shape index (κ3) is 14.7. The standard InChI is InChI=1S/C25H28O8/c1-5-9-13-21(26)30-17-25(18-31-22(27)14-10-6-2,19-32-23(28)15-11-7-3)20-33-24(29)16-12-8-4/h1-4H,9-20H2. The highest BCUT2D eigenvalue weighted by Gasteiger charge is 2.37. The number of carbonyl (C=O) groups is 4. The van der Waals surface area contributed by atoms with Crippen molar-refractivity contribution in [2.24, 2.45) is 5.41 Å². The molecule has 8 heteroatoms. The fourth-order valence-corrected chi connectivity index (χ4v) is 2.17. The van der Waals surface area contributed by atoms with Gasteiger partial charge in [0.1, 0.15) is 31.8 Å². The Labute approximate surface area is 195 Å². The Morgan fingerprint density at radius 1 is 0.485 bits per heavy atom. The number of ether oxygens (including phenoxy) is 4. The second-order valence-corrected chi connectivity index (χ2v) is 6.96. The molecule has 0 atom stereocenters. The molecular formula is C25H28O8. The molecule has 176 valence electrons. The maximum Gasteiger partial charge on any atom is 0.306 e. The summed E-state index contributed by atoms with van der Waals surface area (Å²) in [6.07, 6.45) is 21.1. The maximum atomic E-state index is 12.0. The molecule has 0 radical (unpaired) electrons. The average molecular weight is 456 g/mol. The molecule has 33 heavy (non-hydrogen) atoms. The molecule has 0 unspecified atom stereocenters. The molecule has 0 aliphatic heterocycles. The number of rotatable bonds is 16. The molecule has 0 spiro atoms. The van der Waals surface area contributed by atoms with Gasteiger partial charge >= 0.3 is 23.9 Å². The SMILES string of the molecule is C#CCCC(=O)OCC(COC(=O)CCC#C)(COC(=O)CCC#C)COC(=O)CCC#C. The Balaban J connectivity index is 5.52. The molecule has 0 saturated heterocycles. The van der Waals surface area contributed by atoms with Crippen LogP contribution in [0.4, 0.5) is 0 Å². The first kappa shape index (κ1) is 29.1. The van der Waals surface area contributed by atoms with Crippen molar-refractivity contribution in [1.29, 1.82) is 0 Å². The van der Waals surface area contributed by atoms with E-state index in [1.165, 1.54) is 0 Å². The van der Waals surface area contributed by atoms with E-state index in [9.17, 15) is 19.2 Å². The topological polar surface area (TPSA) is 105 Å². The highest BCUT2D eigenvalue weighted by Crippen LogP contribution is 2.22. The highest BCUT2D eigenvalue weighted by molar-refractivity contribution is 5.71. The smallest absolute Gasteiger partial charge is 0.306 e. The third-order valence-corrected chi connectivity index (χ3v) is 4.05. The lowest BCUT2D eigenvalue weighted by Crippen LogP contribution is -2.44. The van der Waals surface area contributed by atoms with Crippen LogP contribution in [-0.2, 0) is 38.1 Å². The fourth-order valence-electron chi connectivity index (χ4n) is 2.17. The van der Waals surface area contributed by atoms with Crippen LogP contribution in [0, 0.1) is 54.8 Å². The van der Waals surface area contributed by atoms with E-state index < -0.39 is 29.3 Å². The maximum absolute atomic E-state index is 12.0. The van der Waals surface area contributed by atoms with Crippen LogP contribution in [0.3, 0.4) is 0 Å². The summed E-state index contributed by atoms with van der Waals surface area (Å²) in [5.74, 6) is 6.80. The van der Waals surface area contributed by atoms with E-state index in [1.54, 1.807) is 0 Å². The van der Waals surface area contributed by atoms with Crippen LogP contribution in [0.5, 0.6) is 0 Å². The normalized spacial score (nSPS) is 9.82. The Kier molecular flexibility index (Phi) is 15.7. The van der Waals surface area contributed by atoms with Crippen LogP contribution in [0.1, 0.15) is 51.4 Å². The van der Waals surface area contributed by atoms with Gasteiger partial charge < -0.3 is 18.9 Å². The largest absolute Gasteiger partial charge is 0.465 e. The molecular weight excluding hydrogens is 428 g/mol. The van der Waals surface area contributed by atoms with Crippen molar-refractivity contribution in [3.05, 3.63) is 0 Å². The van der Waals surface area contributed by atoms with Crippen molar-refractivity contribution in [3.63, 3.8) is 0 Å². The minimum Gasteiger partial charge on any atom is -0.465 e. The van der Waals surface area contributed by atoms with Crippen LogP contribution in [0.25, 0.3) is 0 Å². The molecule has 0 N–H and O–H groups in total. The van der Waals surface area contributed by atoms with Gasteiger partial charge in [-0.3, -0.25) is 19.2 Å². The van der Waals surface area contributed by atoms with Crippen LogP contribution in [-0.4, -0.2) is 50.3 Å². The number of hydrogen-bond donors (Lipinski definition) is 0. The predicted molar refractivity (Wildman–Crippen MR) is 119 cm³/mol. The van der Waals surface area contributed by atoms with E-state index in [2.05, 4.69) is 23.7 Å². The van der Waals surface area contributed by atoms with E-state index in [4.69, 9.17) is 44.6 Å². The van der Waals surface area contributed by atoms with Gasteiger partial charge in [0.25, 0.3) is 0 Å². The Morgan fingerprint density at radius 2 is 0.697 bits per heavy atom. The lowest BCUT2D eigenvalue weighted by molar-refractivity contribution is -0.170. The third-order valence-electron chi connectivity index (χ3n) is 4.05. The minimum absolute atomic E-state index is 0.0432. The Hall–Kier alpha value is -3.88. The molecule has 0 bridgehead atoms. The van der Waals surface area contributed by atoms with Crippen molar-refractivity contribution in [1.82, 2.24) is 0 Å². The van der Waals surface area contributed by atoms with Gasteiger partial charge in [-0.2, -0.15) is 0 Å². The zero-order valence-electron chi connectivity index (χ0n) is 18.6. The lowest BCUT2D eigenvalue weighted by atomic mass is 9.92. The fraction of sp³-hybridized carbons (Fsp3) is 0.520. The average Bonchev–Trinajstić information content (AvgIpc) is 2.82. The second kappa shape index (κ2) is 17.8. The van der Waals surface area contributed by atoms with Crippen molar-refractivity contribution < 1.29 is 38.1 Å². The van der Waals surface area contributed by atoms with E-state index in [1.807, 2.05) is 0 Å². The van der Waals surface area contributed by atoms with Crippen LogP contribution < -0.4 is 0 Å². The Morgan fingerprint density at radius 3 is 0.879 bits per heavy atom. The van der Waals surface area contributed by atoms with Gasteiger partial charge in [0.2, 0.25) is 0 Å². The summed E-state index contributed by atoms with van der Waals surface area (Å²) in [6.45, 7) is -1.49. The number of terminal acetylenes is 4. The molecule has 0 fully saturated rings. The molecule has 0 aromatic heterocycles. The first-order chi connectivity index (χ1) is 15.8. The van der Waals surface area contributed by atoms with Crippen LogP contribution >= 0.6 is 0 Å². The molecule has 0 aromatic carbocycles. The van der Waals surface area contributed by atoms with Gasteiger partial charge in [0.05, 0.1) is 25.7 Å². The van der Waals surface area contributed by atoms with E-state index in [0.29, 0.717) is 0 Å². The van der Waals surface area contributed by atoms with Gasteiger partial charge in [-0.1, -0.05) is 0 Å². The summed E-state index contributed by atoms with van der Waals surface area (Å²) < 4.78 is 21.0. The second-order valence-electron chi connectivity index (χ2n) is 6.96. The van der Waals surface area contributed by atoms with E-state index in [-0.39, 0.29) is 77.8 Å². The van der Waals surface area contributed by atoms with Crippen LogP contribution in [0.2, 0.25) is 0 Å². The highest BCUT2D eigenvalue weighted by atomic mass is 16.6. The van der Waals surface area contributed by atoms with Gasteiger partial charge in [-0.15, -0.1) is 49.4 Å². The van der Waals surface area contributed by atoms with Crippen molar-refractivity contribution in [2.75, 3.05) is 26.4 Å². The quantitative estimate of drug-likeness (QED) is 0.197. The zero-order valence-corrected chi connectivity index (χ0v) is 18.6. The van der Waals surface area contributed by atoms with Gasteiger partial charge in [0, 0.05) is 25.7 Å². The lowest BCUT2D eigenvalue weighted by Gasteiger charge is -2.31. The summed E-state index contributed by atoms with van der Waals surface area (Å²) in [5.41, 5.74) is -1.37.